The van der Waals surface area contributed by atoms with Gasteiger partial charge in [-0.15, -0.1) is 0 Å². The summed E-state index contributed by atoms with van der Waals surface area (Å²) in [6.07, 6.45) is 1.64. The first kappa shape index (κ1) is 11.1. The van der Waals surface area contributed by atoms with Crippen LogP contribution >= 0.6 is 15.9 Å². The van der Waals surface area contributed by atoms with E-state index in [1.807, 2.05) is 0 Å². The molecule has 0 fully saturated rings. The molecule has 0 unspecified atom stereocenters. The van der Waals surface area contributed by atoms with Crippen molar-refractivity contribution in [1.82, 2.24) is 4.57 Å². The highest BCUT2D eigenvalue weighted by atomic mass is 79.9. The summed E-state index contributed by atoms with van der Waals surface area (Å²) in [6, 6.07) is 9.55. The summed E-state index contributed by atoms with van der Waals surface area (Å²) in [5.74, 6) is -0.307. The van der Waals surface area contributed by atoms with Crippen molar-refractivity contribution < 1.29 is 4.39 Å². The Labute approximate surface area is 100 Å². The van der Waals surface area contributed by atoms with Crippen molar-refractivity contribution in [3.05, 3.63) is 68.8 Å². The first-order valence-corrected chi connectivity index (χ1v) is 5.55. The highest BCUT2D eigenvalue weighted by Crippen LogP contribution is 2.15. The van der Waals surface area contributed by atoms with Gasteiger partial charge in [0.25, 0.3) is 5.56 Å². The van der Waals surface area contributed by atoms with Gasteiger partial charge in [-0.3, -0.25) is 4.79 Å². The Morgan fingerprint density at radius 1 is 1.25 bits per heavy atom. The Kier molecular flexibility index (Phi) is 3.19. The van der Waals surface area contributed by atoms with Crippen LogP contribution in [0.5, 0.6) is 0 Å². The Morgan fingerprint density at radius 3 is 2.81 bits per heavy atom. The van der Waals surface area contributed by atoms with E-state index in [0.717, 1.165) is 4.47 Å². The average molecular weight is 282 g/mol. The van der Waals surface area contributed by atoms with E-state index in [0.29, 0.717) is 5.56 Å². The second-order valence-electron chi connectivity index (χ2n) is 3.40. The molecule has 0 N–H and O–H groups in total. The Hall–Kier alpha value is -1.42. The molecule has 1 heterocycles. The molecule has 0 atom stereocenters. The van der Waals surface area contributed by atoms with Gasteiger partial charge in [-0.05, 0) is 24.3 Å². The zero-order valence-corrected chi connectivity index (χ0v) is 9.95. The predicted octanol–water partition coefficient (Wildman–Crippen LogP) is 2.80. The fourth-order valence-electron chi connectivity index (χ4n) is 1.44. The molecule has 0 radical (unpaired) electrons. The first-order valence-electron chi connectivity index (χ1n) is 4.76. The summed E-state index contributed by atoms with van der Waals surface area (Å²) in [6.45, 7) is 0.241. The number of pyridine rings is 1. The summed E-state index contributed by atoms with van der Waals surface area (Å²) in [5, 5.41) is 0. The van der Waals surface area contributed by atoms with Crippen LogP contribution in [0.3, 0.4) is 0 Å². The van der Waals surface area contributed by atoms with E-state index in [4.69, 9.17) is 0 Å². The highest BCUT2D eigenvalue weighted by molar-refractivity contribution is 9.10. The summed E-state index contributed by atoms with van der Waals surface area (Å²) in [5.41, 5.74) is 0.351. The van der Waals surface area contributed by atoms with Gasteiger partial charge in [-0.25, -0.2) is 4.39 Å². The number of benzene rings is 1. The van der Waals surface area contributed by atoms with Gasteiger partial charge in [-0.1, -0.05) is 22.0 Å². The van der Waals surface area contributed by atoms with E-state index in [2.05, 4.69) is 15.9 Å². The van der Waals surface area contributed by atoms with Crippen LogP contribution in [0.15, 0.2) is 51.9 Å². The van der Waals surface area contributed by atoms with Gasteiger partial charge >= 0.3 is 0 Å². The second-order valence-corrected chi connectivity index (χ2v) is 4.32. The Bertz CT molecular complexity index is 565. The molecule has 0 saturated carbocycles. The van der Waals surface area contributed by atoms with Crippen molar-refractivity contribution in [3.8, 4) is 0 Å². The topological polar surface area (TPSA) is 22.0 Å². The van der Waals surface area contributed by atoms with Crippen LogP contribution in [0.4, 0.5) is 4.39 Å². The Balaban J connectivity index is 2.38. The minimum Gasteiger partial charge on any atom is -0.311 e. The van der Waals surface area contributed by atoms with E-state index in [1.54, 1.807) is 30.5 Å². The summed E-state index contributed by atoms with van der Waals surface area (Å²) < 4.78 is 15.7. The lowest BCUT2D eigenvalue weighted by molar-refractivity contribution is 0.596. The van der Waals surface area contributed by atoms with Crippen molar-refractivity contribution in [1.29, 1.82) is 0 Å². The third-order valence-corrected chi connectivity index (χ3v) is 2.74. The monoisotopic (exact) mass is 281 g/mol. The predicted molar refractivity (Wildman–Crippen MR) is 63.9 cm³/mol. The van der Waals surface area contributed by atoms with Gasteiger partial charge in [0.05, 0.1) is 6.54 Å². The molecule has 0 bridgehead atoms. The molecule has 82 valence electrons. The van der Waals surface area contributed by atoms with Gasteiger partial charge < -0.3 is 4.57 Å². The molecule has 0 aliphatic carbocycles. The molecule has 16 heavy (non-hydrogen) atoms. The normalized spacial score (nSPS) is 10.4. The maximum absolute atomic E-state index is 13.5. The van der Waals surface area contributed by atoms with E-state index < -0.39 is 0 Å². The SMILES string of the molecule is O=c1ccccn1Cc1cc(Br)ccc1F. The molecule has 4 heteroatoms. The molecule has 0 aliphatic rings. The minimum absolute atomic E-state index is 0.137. The Morgan fingerprint density at radius 2 is 2.06 bits per heavy atom. The summed E-state index contributed by atoms with van der Waals surface area (Å²) in [4.78, 5) is 11.4. The maximum atomic E-state index is 13.5. The number of nitrogens with zero attached hydrogens (tertiary/aromatic N) is 1. The van der Waals surface area contributed by atoms with Gasteiger partial charge in [0.1, 0.15) is 5.82 Å². The standard InChI is InChI=1S/C12H9BrFNO/c13-10-4-5-11(14)9(7-10)8-15-6-2-1-3-12(15)16/h1-7H,8H2. The van der Waals surface area contributed by atoms with Crippen LogP contribution < -0.4 is 5.56 Å². The minimum atomic E-state index is -0.307. The summed E-state index contributed by atoms with van der Waals surface area (Å²) in [7, 11) is 0. The molecule has 0 spiro atoms. The van der Waals surface area contributed by atoms with Crippen LogP contribution in [0.1, 0.15) is 5.56 Å². The quantitative estimate of drug-likeness (QED) is 0.830. The molecule has 0 amide bonds. The number of halogens is 2. The van der Waals surface area contributed by atoms with Gasteiger partial charge in [0.15, 0.2) is 0 Å². The summed E-state index contributed by atoms with van der Waals surface area (Å²) >= 11 is 3.27. The lowest BCUT2D eigenvalue weighted by Crippen LogP contribution is -2.18. The number of hydrogen-bond acceptors (Lipinski definition) is 1. The van der Waals surface area contributed by atoms with Crippen molar-refractivity contribution >= 4 is 15.9 Å². The average Bonchev–Trinajstić information content (AvgIpc) is 2.27. The van der Waals surface area contributed by atoms with Gasteiger partial charge in [-0.2, -0.15) is 0 Å². The van der Waals surface area contributed by atoms with Crippen molar-refractivity contribution in [3.63, 3.8) is 0 Å². The van der Waals surface area contributed by atoms with Crippen LogP contribution in [0.25, 0.3) is 0 Å². The number of rotatable bonds is 2. The van der Waals surface area contributed by atoms with Crippen LogP contribution in [0.2, 0.25) is 0 Å². The van der Waals surface area contributed by atoms with Crippen molar-refractivity contribution in [2.45, 2.75) is 6.54 Å². The van der Waals surface area contributed by atoms with Crippen LogP contribution in [-0.2, 0) is 6.54 Å². The smallest absolute Gasteiger partial charge is 0.250 e. The van der Waals surface area contributed by atoms with Crippen LogP contribution in [-0.4, -0.2) is 4.57 Å². The highest BCUT2D eigenvalue weighted by Gasteiger charge is 2.04. The lowest BCUT2D eigenvalue weighted by atomic mass is 10.2. The van der Waals surface area contributed by atoms with Gasteiger partial charge in [0.2, 0.25) is 0 Å². The van der Waals surface area contributed by atoms with Crippen LogP contribution in [0, 0.1) is 5.82 Å². The molecule has 2 rings (SSSR count). The van der Waals surface area contributed by atoms with E-state index in [1.165, 1.54) is 16.7 Å². The molecular formula is C12H9BrFNO. The van der Waals surface area contributed by atoms with Gasteiger partial charge in [0, 0.05) is 22.3 Å². The third kappa shape index (κ3) is 2.39. The first-order chi connectivity index (χ1) is 7.66. The van der Waals surface area contributed by atoms with E-state index in [-0.39, 0.29) is 17.9 Å². The number of aromatic nitrogens is 1. The van der Waals surface area contributed by atoms with E-state index in [9.17, 15) is 9.18 Å². The fourth-order valence-corrected chi connectivity index (χ4v) is 1.85. The number of hydrogen-bond donors (Lipinski definition) is 0. The molecule has 1 aromatic carbocycles. The second kappa shape index (κ2) is 4.61. The molecule has 2 aromatic rings. The molecule has 2 nitrogen and oxygen atoms in total. The third-order valence-electron chi connectivity index (χ3n) is 2.25. The maximum Gasteiger partial charge on any atom is 0.250 e. The molecular weight excluding hydrogens is 273 g/mol. The fraction of sp³-hybridized carbons (Fsp3) is 0.0833. The molecule has 0 saturated heterocycles. The molecule has 0 aliphatic heterocycles. The van der Waals surface area contributed by atoms with Crippen molar-refractivity contribution in [2.24, 2.45) is 0 Å². The van der Waals surface area contributed by atoms with E-state index >= 15 is 0 Å². The largest absolute Gasteiger partial charge is 0.311 e. The molecule has 1 aromatic heterocycles. The lowest BCUT2D eigenvalue weighted by Gasteiger charge is -2.06. The zero-order chi connectivity index (χ0) is 11.5. The zero-order valence-electron chi connectivity index (χ0n) is 8.36. The van der Waals surface area contributed by atoms with Crippen molar-refractivity contribution in [2.75, 3.05) is 0 Å².